The second kappa shape index (κ2) is 20.1. The first kappa shape index (κ1) is 55.8. The monoisotopic (exact) mass is 1060 g/mol. The van der Waals surface area contributed by atoms with Gasteiger partial charge in [-0.15, -0.1) is 0 Å². The fourth-order valence-corrected chi connectivity index (χ4v) is 8.09. The van der Waals surface area contributed by atoms with Crippen molar-refractivity contribution in [3.63, 3.8) is 0 Å². The number of hydrogen-bond acceptors (Lipinski definition) is 29. The lowest BCUT2D eigenvalue weighted by atomic mass is 9.99. The van der Waals surface area contributed by atoms with Gasteiger partial charge in [-0.2, -0.15) is 75.8 Å². The smallest absolute Gasteiger partial charge is 0.347 e. The van der Waals surface area contributed by atoms with Gasteiger partial charge in [0.05, 0.1) is 19.8 Å². The summed E-state index contributed by atoms with van der Waals surface area (Å²) in [6.07, 6.45) is -30.7. The molecule has 0 aromatic heterocycles. The molecule has 0 amide bonds. The first-order chi connectivity index (χ1) is 25.8. The highest BCUT2D eigenvalue weighted by molar-refractivity contribution is 7.82. The number of ether oxygens (including phenoxy) is 2. The molecule has 0 bridgehead atoms. The minimum absolute atomic E-state index is 1.95. The number of rotatable bonds is 26. The van der Waals surface area contributed by atoms with Crippen LogP contribution in [-0.4, -0.2) is 192 Å². The Morgan fingerprint density at radius 3 is 1.07 bits per heavy atom. The highest BCUT2D eigenvalue weighted by atomic mass is 32.3. The van der Waals surface area contributed by atoms with Gasteiger partial charge in [0.15, 0.2) is 12.4 Å². The molecule has 9 atom stereocenters. The number of hydrogen-bond donors (Lipinski definition) is 9. The van der Waals surface area contributed by atoms with E-state index in [0.717, 1.165) is 0 Å². The summed E-state index contributed by atoms with van der Waals surface area (Å²) in [6, 6.07) is 0. The zero-order valence-electron chi connectivity index (χ0n) is 26.9. The summed E-state index contributed by atoms with van der Waals surface area (Å²) >= 11 is 0. The summed E-state index contributed by atoms with van der Waals surface area (Å²) < 4.78 is 336. The molecule has 1 heterocycles. The van der Waals surface area contributed by atoms with Gasteiger partial charge in [0.1, 0.15) is 42.7 Å². The third kappa shape index (κ3) is 24.8. The van der Waals surface area contributed by atoms with Gasteiger partial charge in [-0.1, -0.05) is 0 Å². The minimum Gasteiger partial charge on any atom is -0.347 e. The van der Waals surface area contributed by atoms with E-state index < -0.39 is 169 Å². The lowest BCUT2D eigenvalue weighted by molar-refractivity contribution is -0.292. The average Bonchev–Trinajstić information content (AvgIpc) is 2.92. The van der Waals surface area contributed by atoms with Gasteiger partial charge in [0, 0.05) is 0 Å². The van der Waals surface area contributed by atoms with E-state index in [0.29, 0.717) is 0 Å². The third-order valence-corrected chi connectivity index (χ3v) is 9.66. The maximum atomic E-state index is 11.8. The standard InChI is InChI=1S/C12H24O38S9/c13-51(14,15)41-2-4-7(46-55(25,26)27)10(49-58(34,35)36)11(50-59(37,38)39)12(43-4)40-1-5(44-53(19,20)21)8(47-56(28,29)30)9(48-57(31,32)33)6(45-54(22,23)24)3-42-52(16,17)18/h4-12H,1-3H2,(H,13,14,15)(H,16,17,18)(H,19,20,21)(H,22,23,24)(H,25,26,27)(H,28,29,30)(H,31,32,33)(H,34,35,36)(H,37,38,39)/t4-,5-,6+,7-,8-,9-,10+,11-,12-/m1/s1. The van der Waals surface area contributed by atoms with E-state index in [-0.39, 0.29) is 0 Å². The molecule has 59 heavy (non-hydrogen) atoms. The highest BCUT2D eigenvalue weighted by Gasteiger charge is 2.55. The highest BCUT2D eigenvalue weighted by Crippen LogP contribution is 2.33. The molecule has 354 valence electrons. The van der Waals surface area contributed by atoms with Crippen LogP contribution in [0, 0.1) is 0 Å². The van der Waals surface area contributed by atoms with E-state index in [1.165, 1.54) is 0 Å². The first-order valence-corrected chi connectivity index (χ1v) is 25.2. The van der Waals surface area contributed by atoms with Crippen molar-refractivity contribution in [2.24, 2.45) is 0 Å². The van der Waals surface area contributed by atoms with Gasteiger partial charge < -0.3 is 9.47 Å². The van der Waals surface area contributed by atoms with Crippen molar-refractivity contribution >= 4 is 93.6 Å². The van der Waals surface area contributed by atoms with Crippen molar-refractivity contribution in [1.82, 2.24) is 0 Å². The lowest BCUT2D eigenvalue weighted by Crippen LogP contribution is -2.63. The zero-order valence-corrected chi connectivity index (χ0v) is 34.2. The molecule has 1 aliphatic rings. The zero-order chi connectivity index (χ0) is 46.6. The van der Waals surface area contributed by atoms with Gasteiger partial charge >= 0.3 is 93.6 Å². The van der Waals surface area contributed by atoms with Gasteiger partial charge in [0.25, 0.3) is 0 Å². The Balaban J connectivity index is 4.25. The summed E-state index contributed by atoms with van der Waals surface area (Å²) in [7, 11) is -55.4. The SMILES string of the molecule is O=S(=O)(O)OC[C@H](OS(=O)(=O)O)[C@@H](OS(=O)(=O)O)[C@H](OS(=O)(=O)O)[C@@H](CO[C@@H]1O[C@H](COS(=O)(=O)O)[C@@H](OS(=O)(=O)O)[C@H](OS(=O)(=O)O)[C@H]1OS(=O)(=O)O)OS(=O)(=O)O. The minimum atomic E-state index is -6.43. The Bertz CT molecular complexity index is 2470. The second-order valence-corrected chi connectivity index (χ2v) is 19.4. The third-order valence-electron chi connectivity index (χ3n) is 5.49. The van der Waals surface area contributed by atoms with E-state index in [9.17, 15) is 103 Å². The van der Waals surface area contributed by atoms with Gasteiger partial charge in [-0.25, -0.2) is 37.6 Å². The van der Waals surface area contributed by atoms with E-state index >= 15 is 0 Å². The molecular weight excluding hydrogens is 1040 g/mol. The van der Waals surface area contributed by atoms with Crippen LogP contribution in [0.2, 0.25) is 0 Å². The largest absolute Gasteiger partial charge is 0.397 e. The quantitative estimate of drug-likeness (QED) is 0.0363. The summed E-state index contributed by atoms with van der Waals surface area (Å²) in [4.78, 5) is 0. The predicted octanol–water partition coefficient (Wildman–Crippen LogP) is -7.32. The molecule has 0 unspecified atom stereocenters. The molecule has 0 spiro atoms. The van der Waals surface area contributed by atoms with Crippen molar-refractivity contribution in [1.29, 1.82) is 0 Å². The summed E-state index contributed by atoms with van der Waals surface area (Å²) in [5.74, 6) is 0. The summed E-state index contributed by atoms with van der Waals surface area (Å²) in [5.41, 5.74) is 0. The molecular formula is C12H24O38S9. The molecule has 0 aromatic rings. The topological polar surface area (TPSA) is 591 Å². The Hall–Kier alpha value is -1.25. The fourth-order valence-electron chi connectivity index (χ4n) is 4.00. The van der Waals surface area contributed by atoms with Crippen molar-refractivity contribution in [3.05, 3.63) is 0 Å². The van der Waals surface area contributed by atoms with Crippen LogP contribution in [0.5, 0.6) is 0 Å². The van der Waals surface area contributed by atoms with Crippen molar-refractivity contribution in [3.8, 4) is 0 Å². The molecule has 9 N–H and O–H groups in total. The molecule has 0 aromatic carbocycles. The van der Waals surface area contributed by atoms with Crippen LogP contribution in [0.1, 0.15) is 0 Å². The van der Waals surface area contributed by atoms with Gasteiger partial charge in [-0.05, 0) is 0 Å². The van der Waals surface area contributed by atoms with E-state index in [4.69, 9.17) is 23.1 Å². The maximum absolute atomic E-state index is 11.8. The van der Waals surface area contributed by atoms with Crippen LogP contribution in [0.25, 0.3) is 0 Å². The van der Waals surface area contributed by atoms with Crippen LogP contribution in [-0.2, 0) is 141 Å². The molecule has 1 aliphatic heterocycles. The van der Waals surface area contributed by atoms with E-state index in [2.05, 4.69) is 37.6 Å². The Kier molecular flexibility index (Phi) is 19.0. The Labute approximate surface area is 331 Å². The van der Waals surface area contributed by atoms with Crippen LogP contribution in [0.4, 0.5) is 0 Å². The maximum Gasteiger partial charge on any atom is 0.397 e. The Morgan fingerprint density at radius 2 is 0.729 bits per heavy atom. The molecule has 0 radical (unpaired) electrons. The lowest BCUT2D eigenvalue weighted by Gasteiger charge is -2.43. The fraction of sp³-hybridized carbons (Fsp3) is 1.00. The molecule has 1 saturated heterocycles. The molecule has 0 aliphatic carbocycles. The first-order valence-electron chi connectivity index (χ1n) is 12.9. The predicted molar refractivity (Wildman–Crippen MR) is 165 cm³/mol. The second-order valence-electron chi connectivity index (χ2n) is 9.87. The van der Waals surface area contributed by atoms with Crippen molar-refractivity contribution in [2.45, 2.75) is 55.1 Å². The molecule has 1 rings (SSSR count). The van der Waals surface area contributed by atoms with Gasteiger partial charge in [-0.3, -0.25) is 41.0 Å². The van der Waals surface area contributed by atoms with Gasteiger partial charge in [0.2, 0.25) is 0 Å². The average molecular weight is 1060 g/mol. The molecule has 47 heteroatoms. The van der Waals surface area contributed by atoms with Crippen molar-refractivity contribution < 1.29 is 164 Å². The summed E-state index contributed by atoms with van der Waals surface area (Å²) in [5, 5.41) is 0. The summed E-state index contributed by atoms with van der Waals surface area (Å²) in [6.45, 7) is -6.58. The van der Waals surface area contributed by atoms with Crippen LogP contribution in [0.3, 0.4) is 0 Å². The van der Waals surface area contributed by atoms with E-state index in [1.54, 1.807) is 0 Å². The van der Waals surface area contributed by atoms with Crippen LogP contribution < -0.4 is 0 Å². The molecule has 38 nitrogen and oxygen atoms in total. The molecule has 1 fully saturated rings. The van der Waals surface area contributed by atoms with Crippen LogP contribution >= 0.6 is 0 Å². The normalized spacial score (nSPS) is 24.3. The van der Waals surface area contributed by atoms with E-state index in [1.807, 2.05) is 0 Å². The molecule has 0 saturated carbocycles. The van der Waals surface area contributed by atoms with Crippen molar-refractivity contribution in [2.75, 3.05) is 19.8 Å². The Morgan fingerprint density at radius 1 is 0.390 bits per heavy atom. The van der Waals surface area contributed by atoms with Crippen LogP contribution in [0.15, 0.2) is 0 Å².